The van der Waals surface area contributed by atoms with Gasteiger partial charge in [-0.3, -0.25) is 0 Å². The first-order valence-electron chi connectivity index (χ1n) is 8.84. The lowest BCUT2D eigenvalue weighted by atomic mass is 10.1. The SMILES string of the molecule is CC/C=C/C/C=C/CC1OC1CCCCCCCCC. The topological polar surface area (TPSA) is 12.5 Å². The minimum Gasteiger partial charge on any atom is -0.369 e. The van der Waals surface area contributed by atoms with Gasteiger partial charge in [-0.25, -0.2) is 0 Å². The minimum absolute atomic E-state index is 0.529. The van der Waals surface area contributed by atoms with E-state index in [4.69, 9.17) is 4.74 Å². The molecule has 0 spiro atoms. The zero-order valence-electron chi connectivity index (χ0n) is 13.7. The molecule has 0 aliphatic carbocycles. The van der Waals surface area contributed by atoms with Crippen LogP contribution in [0.1, 0.15) is 84.5 Å². The highest BCUT2D eigenvalue weighted by atomic mass is 16.6. The predicted octanol–water partition coefficient (Wildman–Crippen LogP) is 6.20. The van der Waals surface area contributed by atoms with Gasteiger partial charge >= 0.3 is 0 Å². The van der Waals surface area contributed by atoms with E-state index in [9.17, 15) is 0 Å². The number of hydrogen-bond acceptors (Lipinski definition) is 1. The van der Waals surface area contributed by atoms with Crippen LogP contribution in [-0.4, -0.2) is 12.2 Å². The number of unbranched alkanes of at least 4 members (excludes halogenated alkanes) is 6. The van der Waals surface area contributed by atoms with Gasteiger partial charge in [0.1, 0.15) is 0 Å². The first kappa shape index (κ1) is 17.5. The standard InChI is InChI=1S/C19H34O/c1-3-5-7-9-11-13-15-17-19-18(20-19)16-14-12-10-8-6-4-2/h6,8,12,14,18-19H,3-5,7,9-11,13,15-17H2,1-2H3/b8-6+,14-12+. The summed E-state index contributed by atoms with van der Waals surface area (Å²) in [5.41, 5.74) is 0. The Morgan fingerprint density at radius 2 is 1.45 bits per heavy atom. The van der Waals surface area contributed by atoms with Gasteiger partial charge < -0.3 is 4.74 Å². The largest absolute Gasteiger partial charge is 0.369 e. The van der Waals surface area contributed by atoms with Crippen LogP contribution in [0.5, 0.6) is 0 Å². The molecule has 1 aliphatic heterocycles. The molecule has 0 amide bonds. The monoisotopic (exact) mass is 278 g/mol. The Morgan fingerprint density at radius 1 is 0.750 bits per heavy atom. The lowest BCUT2D eigenvalue weighted by Gasteiger charge is -1.99. The fourth-order valence-corrected chi connectivity index (χ4v) is 2.61. The maximum absolute atomic E-state index is 5.72. The quantitative estimate of drug-likeness (QED) is 0.222. The third kappa shape index (κ3) is 9.36. The lowest BCUT2D eigenvalue weighted by Crippen LogP contribution is -1.92. The third-order valence-corrected chi connectivity index (χ3v) is 3.99. The van der Waals surface area contributed by atoms with Gasteiger partial charge in [0.15, 0.2) is 0 Å². The van der Waals surface area contributed by atoms with Crippen molar-refractivity contribution < 1.29 is 4.74 Å². The first-order valence-corrected chi connectivity index (χ1v) is 8.84. The second kappa shape index (κ2) is 12.2. The molecule has 1 saturated heterocycles. The number of hydrogen-bond donors (Lipinski definition) is 0. The highest BCUT2D eigenvalue weighted by Gasteiger charge is 2.36. The van der Waals surface area contributed by atoms with Crippen molar-refractivity contribution in [3.63, 3.8) is 0 Å². The summed E-state index contributed by atoms with van der Waals surface area (Å²) in [7, 11) is 0. The normalized spacial score (nSPS) is 22.1. The van der Waals surface area contributed by atoms with Crippen LogP contribution in [0.4, 0.5) is 0 Å². The van der Waals surface area contributed by atoms with Crippen molar-refractivity contribution in [2.45, 2.75) is 96.7 Å². The van der Waals surface area contributed by atoms with E-state index in [1.165, 1.54) is 51.4 Å². The van der Waals surface area contributed by atoms with Gasteiger partial charge in [-0.15, -0.1) is 0 Å². The summed E-state index contributed by atoms with van der Waals surface area (Å²) in [6.45, 7) is 4.45. The zero-order valence-corrected chi connectivity index (χ0v) is 13.7. The smallest absolute Gasteiger partial charge is 0.0876 e. The van der Waals surface area contributed by atoms with E-state index < -0.39 is 0 Å². The van der Waals surface area contributed by atoms with Gasteiger partial charge in [-0.2, -0.15) is 0 Å². The zero-order chi connectivity index (χ0) is 14.5. The van der Waals surface area contributed by atoms with Crippen LogP contribution < -0.4 is 0 Å². The Bertz CT molecular complexity index is 267. The molecule has 0 bridgehead atoms. The molecular formula is C19H34O. The van der Waals surface area contributed by atoms with Crippen molar-refractivity contribution in [1.29, 1.82) is 0 Å². The number of epoxide rings is 1. The van der Waals surface area contributed by atoms with Crippen molar-refractivity contribution in [3.8, 4) is 0 Å². The van der Waals surface area contributed by atoms with Crippen molar-refractivity contribution in [2.24, 2.45) is 0 Å². The minimum atomic E-state index is 0.529. The van der Waals surface area contributed by atoms with Crippen LogP contribution in [0.3, 0.4) is 0 Å². The maximum Gasteiger partial charge on any atom is 0.0876 e. The first-order chi connectivity index (χ1) is 9.88. The Hall–Kier alpha value is -0.560. The molecule has 0 N–H and O–H groups in total. The van der Waals surface area contributed by atoms with Crippen LogP contribution in [0.15, 0.2) is 24.3 Å². The Balaban J connectivity index is 1.85. The van der Waals surface area contributed by atoms with Crippen LogP contribution in [0.2, 0.25) is 0 Å². The van der Waals surface area contributed by atoms with Gasteiger partial charge in [0.25, 0.3) is 0 Å². The Kier molecular flexibility index (Phi) is 10.7. The van der Waals surface area contributed by atoms with Crippen molar-refractivity contribution in [2.75, 3.05) is 0 Å². The Morgan fingerprint density at radius 3 is 2.20 bits per heavy atom. The average Bonchev–Trinajstić information content (AvgIpc) is 3.20. The molecule has 0 aromatic heterocycles. The molecule has 2 atom stereocenters. The summed E-state index contributed by atoms with van der Waals surface area (Å²) >= 11 is 0. The molecule has 0 saturated carbocycles. The molecule has 1 nitrogen and oxygen atoms in total. The summed E-state index contributed by atoms with van der Waals surface area (Å²) < 4.78 is 5.72. The van der Waals surface area contributed by atoms with E-state index in [1.807, 2.05) is 0 Å². The van der Waals surface area contributed by atoms with E-state index in [0.29, 0.717) is 12.2 Å². The fraction of sp³-hybridized carbons (Fsp3) is 0.789. The van der Waals surface area contributed by atoms with Crippen molar-refractivity contribution in [3.05, 3.63) is 24.3 Å². The van der Waals surface area contributed by atoms with Gasteiger partial charge in [0.05, 0.1) is 12.2 Å². The average molecular weight is 278 g/mol. The fourth-order valence-electron chi connectivity index (χ4n) is 2.61. The predicted molar refractivity (Wildman–Crippen MR) is 89.1 cm³/mol. The van der Waals surface area contributed by atoms with E-state index in [-0.39, 0.29) is 0 Å². The van der Waals surface area contributed by atoms with Gasteiger partial charge in [-0.05, 0) is 25.7 Å². The molecule has 1 heterocycles. The molecule has 2 unspecified atom stereocenters. The van der Waals surface area contributed by atoms with Crippen LogP contribution in [-0.2, 0) is 4.74 Å². The van der Waals surface area contributed by atoms with Crippen molar-refractivity contribution >= 4 is 0 Å². The maximum atomic E-state index is 5.72. The molecule has 1 heteroatoms. The number of rotatable bonds is 13. The summed E-state index contributed by atoms with van der Waals surface area (Å²) in [5, 5.41) is 0. The van der Waals surface area contributed by atoms with E-state index in [1.54, 1.807) is 0 Å². The lowest BCUT2D eigenvalue weighted by molar-refractivity contribution is 0.358. The molecule has 1 rings (SSSR count). The van der Waals surface area contributed by atoms with Gasteiger partial charge in [0.2, 0.25) is 0 Å². The highest BCUT2D eigenvalue weighted by molar-refractivity contribution is 4.97. The number of allylic oxidation sites excluding steroid dienone is 3. The van der Waals surface area contributed by atoms with Crippen LogP contribution >= 0.6 is 0 Å². The van der Waals surface area contributed by atoms with Crippen LogP contribution in [0.25, 0.3) is 0 Å². The number of ether oxygens (including phenoxy) is 1. The molecule has 20 heavy (non-hydrogen) atoms. The Labute approximate surface area is 126 Å². The van der Waals surface area contributed by atoms with E-state index in [0.717, 1.165) is 19.3 Å². The summed E-state index contributed by atoms with van der Waals surface area (Å²) in [5.74, 6) is 0. The molecule has 0 radical (unpaired) electrons. The second-order valence-electron chi connectivity index (χ2n) is 5.95. The molecular weight excluding hydrogens is 244 g/mol. The summed E-state index contributed by atoms with van der Waals surface area (Å²) in [4.78, 5) is 0. The second-order valence-corrected chi connectivity index (χ2v) is 5.95. The molecule has 0 aromatic rings. The van der Waals surface area contributed by atoms with Crippen molar-refractivity contribution in [1.82, 2.24) is 0 Å². The summed E-state index contributed by atoms with van der Waals surface area (Å²) in [6.07, 6.45) is 24.5. The molecule has 0 aromatic carbocycles. The molecule has 1 fully saturated rings. The highest BCUT2D eigenvalue weighted by Crippen LogP contribution is 2.30. The third-order valence-electron chi connectivity index (χ3n) is 3.99. The summed E-state index contributed by atoms with van der Waals surface area (Å²) in [6, 6.07) is 0. The van der Waals surface area contributed by atoms with Gasteiger partial charge in [0, 0.05) is 0 Å². The van der Waals surface area contributed by atoms with E-state index in [2.05, 4.69) is 38.2 Å². The van der Waals surface area contributed by atoms with Gasteiger partial charge in [-0.1, -0.05) is 83.1 Å². The molecule has 1 aliphatic rings. The van der Waals surface area contributed by atoms with Crippen LogP contribution in [0, 0.1) is 0 Å². The molecule has 116 valence electrons. The van der Waals surface area contributed by atoms with E-state index >= 15 is 0 Å².